The van der Waals surface area contributed by atoms with Gasteiger partial charge in [0.15, 0.2) is 11.5 Å². The van der Waals surface area contributed by atoms with Gasteiger partial charge in [-0.25, -0.2) is 0 Å². The van der Waals surface area contributed by atoms with E-state index in [9.17, 15) is 9.59 Å². The van der Waals surface area contributed by atoms with E-state index in [1.807, 2.05) is 24.3 Å². The fourth-order valence-corrected chi connectivity index (χ4v) is 5.52. The first kappa shape index (κ1) is 21.2. The lowest BCUT2D eigenvalue weighted by atomic mass is 9.85. The van der Waals surface area contributed by atoms with E-state index in [4.69, 9.17) is 21.1 Å². The van der Waals surface area contributed by atoms with Gasteiger partial charge in [-0.1, -0.05) is 35.9 Å². The molecule has 4 atom stereocenters. The molecule has 1 aliphatic heterocycles. The third-order valence-corrected chi connectivity index (χ3v) is 7.16. The van der Waals surface area contributed by atoms with Gasteiger partial charge in [0.05, 0.1) is 29.6 Å². The van der Waals surface area contributed by atoms with E-state index >= 15 is 0 Å². The van der Waals surface area contributed by atoms with Crippen LogP contribution in [0.5, 0.6) is 11.5 Å². The molecule has 2 aromatic carbocycles. The summed E-state index contributed by atoms with van der Waals surface area (Å²) in [5.74, 6) is 0.433. The minimum absolute atomic E-state index is 0.160. The molecule has 0 N–H and O–H groups in total. The molecule has 3 aliphatic rings. The summed E-state index contributed by atoms with van der Waals surface area (Å²) in [6.45, 7) is 0.343. The SMILES string of the molecule is COc1cc(C=NN2C(=O)[C@@H]3[C@H](C2=O)[C@H]2C=C[C@H]3C2)cc(Br)c1OCc1ccc(Cl)cc1. The van der Waals surface area contributed by atoms with Gasteiger partial charge in [-0.05, 0) is 69.6 Å². The number of amides is 2. The third-order valence-electron chi connectivity index (χ3n) is 6.32. The molecule has 0 unspecified atom stereocenters. The molecule has 1 saturated carbocycles. The molecule has 2 bridgehead atoms. The Kier molecular flexibility index (Phi) is 5.55. The molecular weight excluding hydrogens is 496 g/mol. The number of benzene rings is 2. The minimum Gasteiger partial charge on any atom is -0.493 e. The van der Waals surface area contributed by atoms with Crippen molar-refractivity contribution in [3.05, 3.63) is 69.2 Å². The van der Waals surface area contributed by atoms with Gasteiger partial charge < -0.3 is 9.47 Å². The number of carbonyl (C=O) groups is 2. The number of methoxy groups -OCH3 is 1. The summed E-state index contributed by atoms with van der Waals surface area (Å²) >= 11 is 9.45. The average molecular weight is 516 g/mol. The number of rotatable bonds is 6. The lowest BCUT2D eigenvalue weighted by Gasteiger charge is -2.14. The first-order valence-corrected chi connectivity index (χ1v) is 11.5. The Labute approximate surface area is 199 Å². The van der Waals surface area contributed by atoms with E-state index in [1.54, 1.807) is 19.2 Å². The van der Waals surface area contributed by atoms with E-state index in [1.165, 1.54) is 6.21 Å². The van der Waals surface area contributed by atoms with Gasteiger partial charge >= 0.3 is 0 Å². The van der Waals surface area contributed by atoms with Crippen LogP contribution in [0.3, 0.4) is 0 Å². The smallest absolute Gasteiger partial charge is 0.254 e. The maximum atomic E-state index is 12.8. The van der Waals surface area contributed by atoms with Crippen molar-refractivity contribution in [1.29, 1.82) is 0 Å². The van der Waals surface area contributed by atoms with E-state index in [2.05, 4.69) is 33.2 Å². The standard InChI is InChI=1S/C24H20BrClN2O4/c1-31-19-9-14(8-18(25)22(19)32-12-13-2-6-17(26)7-3-13)11-27-28-23(29)20-15-4-5-16(10-15)21(20)24(28)30/h2-9,11,15-16,20-21H,10,12H2,1H3/t15-,16-,20-,21+/m0/s1. The Balaban J connectivity index is 1.33. The van der Waals surface area contributed by atoms with Gasteiger partial charge in [-0.3, -0.25) is 9.59 Å². The zero-order valence-electron chi connectivity index (χ0n) is 17.2. The number of fused-ring (bicyclic) bond motifs is 5. The lowest BCUT2D eigenvalue weighted by molar-refractivity contribution is -0.140. The minimum atomic E-state index is -0.264. The molecule has 2 aliphatic carbocycles. The van der Waals surface area contributed by atoms with Crippen LogP contribution in [0.25, 0.3) is 0 Å². The monoisotopic (exact) mass is 514 g/mol. The number of allylic oxidation sites excluding steroid dienone is 2. The summed E-state index contributed by atoms with van der Waals surface area (Å²) in [6, 6.07) is 11.0. The van der Waals surface area contributed by atoms with Crippen LogP contribution in [-0.4, -0.2) is 30.1 Å². The molecule has 164 valence electrons. The molecular formula is C24H20BrClN2O4. The first-order valence-electron chi connectivity index (χ1n) is 10.3. The van der Waals surface area contributed by atoms with Crippen molar-refractivity contribution < 1.29 is 19.1 Å². The molecule has 1 heterocycles. The van der Waals surface area contributed by atoms with E-state index < -0.39 is 0 Å². The molecule has 2 amide bonds. The van der Waals surface area contributed by atoms with Gasteiger partial charge in [-0.15, -0.1) is 0 Å². The summed E-state index contributed by atoms with van der Waals surface area (Å²) < 4.78 is 12.1. The fraction of sp³-hybridized carbons (Fsp3) is 0.292. The number of ether oxygens (including phenoxy) is 2. The van der Waals surface area contributed by atoms with E-state index in [0.717, 1.165) is 17.0 Å². The highest BCUT2D eigenvalue weighted by Crippen LogP contribution is 2.52. The van der Waals surface area contributed by atoms with Crippen LogP contribution >= 0.6 is 27.5 Å². The van der Waals surface area contributed by atoms with Crippen LogP contribution in [0.2, 0.25) is 5.02 Å². The van der Waals surface area contributed by atoms with Crippen LogP contribution in [0, 0.1) is 23.7 Å². The number of carbonyl (C=O) groups excluding carboxylic acids is 2. The number of imide groups is 1. The predicted molar refractivity (Wildman–Crippen MR) is 124 cm³/mol. The molecule has 0 radical (unpaired) electrons. The van der Waals surface area contributed by atoms with Crippen molar-refractivity contribution in [3.8, 4) is 11.5 Å². The predicted octanol–water partition coefficient (Wildman–Crippen LogP) is 4.83. The topological polar surface area (TPSA) is 68.2 Å². The zero-order valence-corrected chi connectivity index (χ0v) is 19.5. The van der Waals surface area contributed by atoms with Gasteiger partial charge in [0.2, 0.25) is 0 Å². The molecule has 6 nitrogen and oxygen atoms in total. The van der Waals surface area contributed by atoms with Crippen LogP contribution in [-0.2, 0) is 16.2 Å². The van der Waals surface area contributed by atoms with Crippen molar-refractivity contribution in [1.82, 2.24) is 5.01 Å². The second-order valence-corrected chi connectivity index (χ2v) is 9.47. The molecule has 1 saturated heterocycles. The number of hydrogen-bond donors (Lipinski definition) is 0. The zero-order chi connectivity index (χ0) is 22.4. The quantitative estimate of drug-likeness (QED) is 0.314. The van der Waals surface area contributed by atoms with E-state index in [-0.39, 0.29) is 35.5 Å². The van der Waals surface area contributed by atoms with E-state index in [0.29, 0.717) is 33.2 Å². The number of halogens is 2. The normalized spacial score (nSPS) is 25.8. The van der Waals surface area contributed by atoms with Crippen molar-refractivity contribution in [2.24, 2.45) is 28.8 Å². The van der Waals surface area contributed by atoms with Gasteiger partial charge in [0.1, 0.15) is 6.61 Å². The lowest BCUT2D eigenvalue weighted by Crippen LogP contribution is -2.28. The van der Waals surface area contributed by atoms with Crippen LogP contribution in [0.1, 0.15) is 17.5 Å². The Hall–Kier alpha value is -2.64. The molecule has 2 aromatic rings. The highest BCUT2D eigenvalue weighted by atomic mass is 79.9. The molecule has 0 spiro atoms. The third kappa shape index (κ3) is 3.63. The largest absolute Gasteiger partial charge is 0.493 e. The highest BCUT2D eigenvalue weighted by molar-refractivity contribution is 9.10. The molecule has 8 heteroatoms. The average Bonchev–Trinajstić information content (AvgIpc) is 3.46. The fourth-order valence-electron chi connectivity index (χ4n) is 4.82. The maximum Gasteiger partial charge on any atom is 0.254 e. The first-order chi connectivity index (χ1) is 15.5. The Morgan fingerprint density at radius 3 is 2.41 bits per heavy atom. The maximum absolute atomic E-state index is 12.8. The Bertz CT molecular complexity index is 1120. The summed E-state index contributed by atoms with van der Waals surface area (Å²) in [6.07, 6.45) is 6.53. The van der Waals surface area contributed by atoms with Crippen molar-refractivity contribution in [2.75, 3.05) is 7.11 Å². The van der Waals surface area contributed by atoms with Crippen LogP contribution in [0.15, 0.2) is 58.1 Å². The second-order valence-electron chi connectivity index (χ2n) is 8.18. The molecule has 32 heavy (non-hydrogen) atoms. The summed E-state index contributed by atoms with van der Waals surface area (Å²) in [5, 5.41) is 5.93. The van der Waals surface area contributed by atoms with Gasteiger partial charge in [0.25, 0.3) is 11.8 Å². The summed E-state index contributed by atoms with van der Waals surface area (Å²) in [5.41, 5.74) is 1.64. The van der Waals surface area contributed by atoms with Gasteiger partial charge in [-0.2, -0.15) is 10.1 Å². The second kappa shape index (κ2) is 8.37. The highest BCUT2D eigenvalue weighted by Gasteiger charge is 2.59. The number of nitrogens with zero attached hydrogens (tertiary/aromatic N) is 2. The van der Waals surface area contributed by atoms with Crippen molar-refractivity contribution in [3.63, 3.8) is 0 Å². The summed E-state index contributed by atoms with van der Waals surface area (Å²) in [7, 11) is 1.55. The molecule has 2 fully saturated rings. The molecule has 0 aromatic heterocycles. The van der Waals surface area contributed by atoms with Crippen molar-refractivity contribution in [2.45, 2.75) is 13.0 Å². The summed E-state index contributed by atoms with van der Waals surface area (Å²) in [4.78, 5) is 25.6. The Morgan fingerprint density at radius 1 is 1.12 bits per heavy atom. The number of hydrazone groups is 1. The van der Waals surface area contributed by atoms with Crippen LogP contribution in [0.4, 0.5) is 0 Å². The van der Waals surface area contributed by atoms with Gasteiger partial charge in [0, 0.05) is 5.02 Å². The van der Waals surface area contributed by atoms with Crippen LogP contribution < -0.4 is 9.47 Å². The van der Waals surface area contributed by atoms with Crippen molar-refractivity contribution >= 4 is 45.6 Å². The Morgan fingerprint density at radius 2 is 1.78 bits per heavy atom. The number of hydrogen-bond acceptors (Lipinski definition) is 5. The molecule has 5 rings (SSSR count).